The van der Waals surface area contributed by atoms with E-state index in [2.05, 4.69) is 50.4 Å². The summed E-state index contributed by atoms with van der Waals surface area (Å²) < 4.78 is 5.49. The average Bonchev–Trinajstić information content (AvgIpc) is 3.02. The predicted octanol–water partition coefficient (Wildman–Crippen LogP) is 6.46. The summed E-state index contributed by atoms with van der Waals surface area (Å²) in [6.45, 7) is 10.1. The van der Waals surface area contributed by atoms with Gasteiger partial charge >= 0.3 is 5.97 Å². The number of amides is 1. The number of unbranched alkanes of at least 4 members (excludes halogenated alkanes) is 19. The van der Waals surface area contributed by atoms with E-state index < -0.39 is 0 Å². The Morgan fingerprint density at radius 3 is 1.67 bits per heavy atom. The monoisotopic (exact) mass is 655 g/mol. The second-order valence-corrected chi connectivity index (χ2v) is 12.8. The Morgan fingerprint density at radius 1 is 0.600 bits per heavy atom. The zero-order valence-electron chi connectivity index (χ0n) is 30.1. The first-order chi connectivity index (χ1) is 21.6. The molecule has 0 aromatic rings. The number of hydrogen-bond acceptors (Lipinski definition) is 3. The summed E-state index contributed by atoms with van der Waals surface area (Å²) in [7, 11) is 0. The lowest BCUT2D eigenvalue weighted by Crippen LogP contribution is -3.12. The molecule has 45 heavy (non-hydrogen) atoms. The first-order valence-corrected chi connectivity index (χ1v) is 19.2. The van der Waals surface area contributed by atoms with Gasteiger partial charge in [0.25, 0.3) is 0 Å². The molecule has 1 atom stereocenters. The average molecular weight is 655 g/mol. The van der Waals surface area contributed by atoms with Crippen LogP contribution in [0.4, 0.5) is 0 Å². The molecule has 0 bridgehead atoms. The van der Waals surface area contributed by atoms with Crippen molar-refractivity contribution in [3.8, 4) is 0 Å². The molecule has 6 heteroatoms. The lowest BCUT2D eigenvalue weighted by Gasteiger charge is -2.17. The molecule has 0 saturated carbocycles. The van der Waals surface area contributed by atoms with E-state index in [-0.39, 0.29) is 24.3 Å². The summed E-state index contributed by atoms with van der Waals surface area (Å²) in [5.41, 5.74) is 0. The van der Waals surface area contributed by atoms with Gasteiger partial charge in [-0.1, -0.05) is 141 Å². The fourth-order valence-electron chi connectivity index (χ4n) is 5.53. The van der Waals surface area contributed by atoms with Crippen molar-refractivity contribution in [1.29, 1.82) is 0 Å². The normalized spacial score (nSPS) is 12.1. The molecule has 5 nitrogen and oxygen atoms in total. The highest BCUT2D eigenvalue weighted by Gasteiger charge is 2.13. The molecule has 1 unspecified atom stereocenters. The first kappa shape index (κ1) is 45.8. The maximum atomic E-state index is 12.3. The van der Waals surface area contributed by atoms with E-state index in [1.54, 1.807) is 0 Å². The van der Waals surface area contributed by atoms with E-state index in [0.29, 0.717) is 26.1 Å². The Bertz CT molecular complexity index is 683. The van der Waals surface area contributed by atoms with Gasteiger partial charge in [-0.3, -0.25) is 4.79 Å². The van der Waals surface area contributed by atoms with E-state index in [4.69, 9.17) is 4.74 Å². The number of likely N-dealkylation sites (N-methyl/N-ethyl adjacent to an activating group) is 1. The summed E-state index contributed by atoms with van der Waals surface area (Å²) in [5.74, 6) is 0.0749. The topological polar surface area (TPSA) is 59.8 Å². The Balaban J connectivity index is 0. The third-order valence-electron chi connectivity index (χ3n) is 8.54. The van der Waals surface area contributed by atoms with Crippen LogP contribution in [-0.4, -0.2) is 44.7 Å². The molecule has 0 aliphatic heterocycles. The minimum absolute atomic E-state index is 0. The molecular formula is C39H75ClN2O3. The van der Waals surface area contributed by atoms with Gasteiger partial charge in [0.1, 0.15) is 0 Å². The summed E-state index contributed by atoms with van der Waals surface area (Å²) >= 11 is 0. The zero-order valence-corrected chi connectivity index (χ0v) is 30.9. The minimum Gasteiger partial charge on any atom is -1.00 e. The Hall–Kier alpha value is -1.33. The maximum absolute atomic E-state index is 12.3. The molecule has 0 fully saturated rings. The molecule has 0 radical (unpaired) electrons. The Labute approximate surface area is 286 Å². The fourth-order valence-corrected chi connectivity index (χ4v) is 5.53. The number of allylic oxidation sites excluding steroid dienone is 4. The largest absolute Gasteiger partial charge is 1.00 e. The second-order valence-electron chi connectivity index (χ2n) is 12.8. The summed E-state index contributed by atoms with van der Waals surface area (Å²) in [6.07, 6.45) is 39.6. The van der Waals surface area contributed by atoms with E-state index >= 15 is 0 Å². The lowest BCUT2D eigenvalue weighted by molar-refractivity contribution is -0.890. The van der Waals surface area contributed by atoms with Gasteiger partial charge in [-0.2, -0.15) is 0 Å². The highest BCUT2D eigenvalue weighted by atomic mass is 35.5. The zero-order chi connectivity index (χ0) is 32.2. The van der Waals surface area contributed by atoms with E-state index in [1.807, 2.05) is 0 Å². The molecule has 0 aliphatic carbocycles. The first-order valence-electron chi connectivity index (χ1n) is 19.2. The number of nitrogens with one attached hydrogen (secondary N) is 2. The second kappa shape index (κ2) is 38.9. The summed E-state index contributed by atoms with van der Waals surface area (Å²) in [6, 6.07) is 0. The van der Waals surface area contributed by atoms with Gasteiger partial charge in [-0.15, -0.1) is 0 Å². The lowest BCUT2D eigenvalue weighted by atomic mass is 10.1. The van der Waals surface area contributed by atoms with Gasteiger partial charge in [-0.25, -0.2) is 4.79 Å². The smallest absolute Gasteiger partial charge is 0.361 e. The molecule has 0 aromatic carbocycles. The van der Waals surface area contributed by atoms with Gasteiger partial charge in [0.05, 0.1) is 19.7 Å². The quantitative estimate of drug-likeness (QED) is 0.0476. The van der Waals surface area contributed by atoms with Crippen LogP contribution >= 0.6 is 0 Å². The molecule has 2 N–H and O–H groups in total. The molecule has 0 heterocycles. The number of hydrogen-bond donors (Lipinski definition) is 2. The highest BCUT2D eigenvalue weighted by molar-refractivity contribution is 5.75. The summed E-state index contributed by atoms with van der Waals surface area (Å²) in [4.78, 5) is 25.7. The van der Waals surface area contributed by atoms with Crippen LogP contribution in [-0.2, 0) is 14.3 Å². The number of esters is 1. The van der Waals surface area contributed by atoms with E-state index in [1.165, 1.54) is 114 Å². The Kier molecular flexibility index (Phi) is 39.5. The SMILES string of the molecule is CCCCC/C=C/C/C=C/CCCCCCCC(=O)NCCC[NH+](CC)CC(=O)OCCCCCCCCCCCCCC.[Cl-]. The fraction of sp³-hybridized carbons (Fsp3) is 0.846. The number of carbonyl (C=O) groups is 2. The van der Waals surface area contributed by atoms with E-state index in [9.17, 15) is 9.59 Å². The highest BCUT2D eigenvalue weighted by Crippen LogP contribution is 2.12. The third kappa shape index (κ3) is 37.0. The predicted molar refractivity (Wildman–Crippen MR) is 190 cm³/mol. The van der Waals surface area contributed by atoms with Crippen LogP contribution in [0.15, 0.2) is 24.3 Å². The van der Waals surface area contributed by atoms with E-state index in [0.717, 1.165) is 58.0 Å². The van der Waals surface area contributed by atoms with Crippen LogP contribution in [0.2, 0.25) is 0 Å². The summed E-state index contributed by atoms with van der Waals surface area (Å²) in [5, 5.41) is 3.06. The van der Waals surface area contributed by atoms with Crippen LogP contribution in [0, 0.1) is 0 Å². The standard InChI is InChI=1S/C39H74N2O3.ClH/c1-4-7-9-11-13-15-17-19-20-21-22-24-26-28-30-33-38(42)40-34-32-35-41(6-3)37-39(43)44-36-31-29-27-25-23-18-16-14-12-10-8-5-2;/h13,15,19-20H,4-12,14,16-18,21-37H2,1-3H3,(H,40,42);1H/b15-13+,20-19+;. The number of rotatable bonds is 34. The molecule has 266 valence electrons. The number of halogens is 1. The van der Waals surface area contributed by atoms with Crippen LogP contribution in [0.5, 0.6) is 0 Å². The van der Waals surface area contributed by atoms with Crippen LogP contribution in [0.1, 0.15) is 181 Å². The van der Waals surface area contributed by atoms with Gasteiger partial charge in [0, 0.05) is 19.4 Å². The van der Waals surface area contributed by atoms with Crippen molar-refractivity contribution in [1.82, 2.24) is 5.32 Å². The van der Waals surface area contributed by atoms with Crippen molar-refractivity contribution in [2.75, 3.05) is 32.8 Å². The van der Waals surface area contributed by atoms with Crippen LogP contribution in [0.25, 0.3) is 0 Å². The van der Waals surface area contributed by atoms with Crippen LogP contribution in [0.3, 0.4) is 0 Å². The Morgan fingerprint density at radius 2 is 1.09 bits per heavy atom. The van der Waals surface area contributed by atoms with Gasteiger partial charge < -0.3 is 27.4 Å². The molecule has 0 aliphatic rings. The van der Waals surface area contributed by atoms with Gasteiger partial charge in [0.2, 0.25) is 5.91 Å². The van der Waals surface area contributed by atoms with Crippen molar-refractivity contribution < 1.29 is 31.6 Å². The molecule has 1 amide bonds. The van der Waals surface area contributed by atoms with Crippen molar-refractivity contribution in [3.05, 3.63) is 24.3 Å². The minimum atomic E-state index is -0.0877. The van der Waals surface area contributed by atoms with Crippen molar-refractivity contribution in [3.63, 3.8) is 0 Å². The van der Waals surface area contributed by atoms with Crippen molar-refractivity contribution in [2.45, 2.75) is 181 Å². The molecule has 0 rings (SSSR count). The number of ether oxygens (including phenoxy) is 1. The molecule has 0 aromatic heterocycles. The van der Waals surface area contributed by atoms with Gasteiger partial charge in [-0.05, 0) is 51.9 Å². The van der Waals surface area contributed by atoms with Gasteiger partial charge in [0.15, 0.2) is 6.54 Å². The maximum Gasteiger partial charge on any atom is 0.361 e. The number of quaternary nitrogens is 1. The molecule has 0 spiro atoms. The third-order valence-corrected chi connectivity index (χ3v) is 8.54. The van der Waals surface area contributed by atoms with Crippen LogP contribution < -0.4 is 22.6 Å². The van der Waals surface area contributed by atoms with Crippen molar-refractivity contribution in [2.24, 2.45) is 0 Å². The molecular weight excluding hydrogens is 580 g/mol. The number of carbonyl (C=O) groups excluding carboxylic acids is 2. The molecule has 0 saturated heterocycles. The van der Waals surface area contributed by atoms with Crippen molar-refractivity contribution >= 4 is 11.9 Å².